The quantitative estimate of drug-likeness (QED) is 0.556. The number of unbranched alkanes of at least 4 members (excludes halogenated alkanes) is 3. The number of nitrogens with zero attached hydrogens (tertiary/aromatic N) is 2. The highest BCUT2D eigenvalue weighted by Crippen LogP contribution is 2.17. The molecule has 0 spiro atoms. The van der Waals surface area contributed by atoms with Crippen molar-refractivity contribution < 1.29 is 0 Å². The fourth-order valence-electron chi connectivity index (χ4n) is 3.26. The molecule has 1 rings (SSSR count). The van der Waals surface area contributed by atoms with Gasteiger partial charge in [0.1, 0.15) is 0 Å². The molecule has 0 radical (unpaired) electrons. The van der Waals surface area contributed by atoms with Gasteiger partial charge in [-0.1, -0.05) is 26.7 Å². The van der Waals surface area contributed by atoms with Crippen LogP contribution in [0.1, 0.15) is 58.8 Å². The SMILES string of the molecule is CCCNCCCCCCN(C)CC1CCCN1CC. The van der Waals surface area contributed by atoms with E-state index >= 15 is 0 Å². The third kappa shape index (κ3) is 7.61. The van der Waals surface area contributed by atoms with Gasteiger partial charge in [0.2, 0.25) is 0 Å². The number of nitrogens with one attached hydrogen (secondary N) is 1. The Kier molecular flexibility index (Phi) is 10.3. The van der Waals surface area contributed by atoms with Gasteiger partial charge >= 0.3 is 0 Å². The van der Waals surface area contributed by atoms with Crippen molar-refractivity contribution in [2.75, 3.05) is 46.3 Å². The zero-order valence-corrected chi connectivity index (χ0v) is 14.2. The normalized spacial score (nSPS) is 20.1. The fraction of sp³-hybridized carbons (Fsp3) is 1.00. The van der Waals surface area contributed by atoms with Gasteiger partial charge < -0.3 is 10.2 Å². The van der Waals surface area contributed by atoms with Gasteiger partial charge in [-0.25, -0.2) is 0 Å². The summed E-state index contributed by atoms with van der Waals surface area (Å²) in [5.41, 5.74) is 0. The van der Waals surface area contributed by atoms with Crippen LogP contribution < -0.4 is 5.32 Å². The minimum absolute atomic E-state index is 0.822. The first-order valence-corrected chi connectivity index (χ1v) is 8.91. The van der Waals surface area contributed by atoms with Gasteiger partial charge in [-0.2, -0.15) is 0 Å². The summed E-state index contributed by atoms with van der Waals surface area (Å²) < 4.78 is 0. The molecule has 0 aromatic heterocycles. The molecule has 0 aromatic rings. The summed E-state index contributed by atoms with van der Waals surface area (Å²) >= 11 is 0. The largest absolute Gasteiger partial charge is 0.317 e. The van der Waals surface area contributed by atoms with Crippen molar-refractivity contribution in [3.05, 3.63) is 0 Å². The van der Waals surface area contributed by atoms with E-state index in [2.05, 4.69) is 36.0 Å². The number of hydrogen-bond acceptors (Lipinski definition) is 3. The third-order valence-electron chi connectivity index (χ3n) is 4.50. The van der Waals surface area contributed by atoms with E-state index in [4.69, 9.17) is 0 Å². The molecule has 1 aliphatic rings. The van der Waals surface area contributed by atoms with Gasteiger partial charge in [-0.3, -0.25) is 4.90 Å². The lowest BCUT2D eigenvalue weighted by Crippen LogP contribution is -2.39. The summed E-state index contributed by atoms with van der Waals surface area (Å²) in [5, 5.41) is 3.48. The molecule has 0 aromatic carbocycles. The summed E-state index contributed by atoms with van der Waals surface area (Å²) in [6.45, 7) is 12.0. The molecule has 1 atom stereocenters. The Bertz CT molecular complexity index is 220. The zero-order valence-electron chi connectivity index (χ0n) is 14.2. The van der Waals surface area contributed by atoms with Crippen LogP contribution >= 0.6 is 0 Å². The van der Waals surface area contributed by atoms with E-state index in [1.807, 2.05) is 0 Å². The molecule has 3 heteroatoms. The number of hydrogen-bond donors (Lipinski definition) is 1. The van der Waals surface area contributed by atoms with Gasteiger partial charge in [-0.15, -0.1) is 0 Å². The molecule has 120 valence electrons. The molecular weight excluding hydrogens is 246 g/mol. The van der Waals surface area contributed by atoms with Crippen molar-refractivity contribution in [3.8, 4) is 0 Å². The first-order chi connectivity index (χ1) is 9.77. The lowest BCUT2D eigenvalue weighted by molar-refractivity contribution is 0.197. The predicted octanol–water partition coefficient (Wildman–Crippen LogP) is 2.96. The highest BCUT2D eigenvalue weighted by atomic mass is 15.2. The lowest BCUT2D eigenvalue weighted by Gasteiger charge is -2.27. The summed E-state index contributed by atoms with van der Waals surface area (Å²) in [4.78, 5) is 5.20. The third-order valence-corrected chi connectivity index (χ3v) is 4.50. The Labute approximate surface area is 127 Å². The molecule has 0 saturated carbocycles. The van der Waals surface area contributed by atoms with Crippen molar-refractivity contribution in [3.63, 3.8) is 0 Å². The van der Waals surface area contributed by atoms with Crippen LogP contribution in [0.2, 0.25) is 0 Å². The Morgan fingerprint density at radius 1 is 1.10 bits per heavy atom. The number of likely N-dealkylation sites (N-methyl/N-ethyl adjacent to an activating group) is 2. The minimum atomic E-state index is 0.822. The molecule has 0 aliphatic carbocycles. The number of rotatable bonds is 12. The molecule has 0 bridgehead atoms. The van der Waals surface area contributed by atoms with Crippen molar-refractivity contribution in [1.82, 2.24) is 15.1 Å². The van der Waals surface area contributed by atoms with Crippen LogP contribution in [-0.4, -0.2) is 62.2 Å². The van der Waals surface area contributed by atoms with Crippen molar-refractivity contribution in [2.45, 2.75) is 64.8 Å². The van der Waals surface area contributed by atoms with Crippen molar-refractivity contribution in [2.24, 2.45) is 0 Å². The maximum Gasteiger partial charge on any atom is 0.0223 e. The molecule has 1 aliphatic heterocycles. The smallest absolute Gasteiger partial charge is 0.0223 e. The highest BCUT2D eigenvalue weighted by Gasteiger charge is 2.23. The van der Waals surface area contributed by atoms with Crippen LogP contribution in [0.4, 0.5) is 0 Å². The van der Waals surface area contributed by atoms with Crippen LogP contribution in [0.5, 0.6) is 0 Å². The topological polar surface area (TPSA) is 18.5 Å². The number of likely N-dealkylation sites (tertiary alicyclic amines) is 1. The first-order valence-electron chi connectivity index (χ1n) is 8.91. The molecule has 1 unspecified atom stereocenters. The summed E-state index contributed by atoms with van der Waals surface area (Å²) in [5.74, 6) is 0. The average molecular weight is 284 g/mol. The summed E-state index contributed by atoms with van der Waals surface area (Å²) in [6.07, 6.45) is 9.54. The van der Waals surface area contributed by atoms with Crippen molar-refractivity contribution in [1.29, 1.82) is 0 Å². The van der Waals surface area contributed by atoms with Gasteiger partial charge in [0.15, 0.2) is 0 Å². The van der Waals surface area contributed by atoms with Crippen LogP contribution in [-0.2, 0) is 0 Å². The Balaban J connectivity index is 1.93. The van der Waals surface area contributed by atoms with E-state index < -0.39 is 0 Å². The van der Waals surface area contributed by atoms with E-state index in [9.17, 15) is 0 Å². The minimum Gasteiger partial charge on any atom is -0.317 e. The second-order valence-corrected chi connectivity index (χ2v) is 6.35. The zero-order chi connectivity index (χ0) is 14.6. The molecule has 1 heterocycles. The Morgan fingerprint density at radius 3 is 2.65 bits per heavy atom. The Hall–Kier alpha value is -0.120. The van der Waals surface area contributed by atoms with Crippen molar-refractivity contribution >= 4 is 0 Å². The molecular formula is C17H37N3. The van der Waals surface area contributed by atoms with Gasteiger partial charge in [0, 0.05) is 12.6 Å². The fourth-order valence-corrected chi connectivity index (χ4v) is 3.26. The van der Waals surface area contributed by atoms with Crippen LogP contribution in [0.3, 0.4) is 0 Å². The van der Waals surface area contributed by atoms with Crippen LogP contribution in [0.25, 0.3) is 0 Å². The Morgan fingerprint density at radius 2 is 1.90 bits per heavy atom. The van der Waals surface area contributed by atoms with Crippen LogP contribution in [0, 0.1) is 0 Å². The molecule has 20 heavy (non-hydrogen) atoms. The van der Waals surface area contributed by atoms with Crippen LogP contribution in [0.15, 0.2) is 0 Å². The lowest BCUT2D eigenvalue weighted by atomic mass is 10.1. The molecule has 1 saturated heterocycles. The van der Waals surface area contributed by atoms with Gasteiger partial charge in [0.25, 0.3) is 0 Å². The van der Waals surface area contributed by atoms with E-state index in [1.54, 1.807) is 0 Å². The monoisotopic (exact) mass is 283 g/mol. The van der Waals surface area contributed by atoms with E-state index in [-0.39, 0.29) is 0 Å². The molecule has 0 amide bonds. The highest BCUT2D eigenvalue weighted by molar-refractivity contribution is 4.80. The molecule has 1 fully saturated rings. The standard InChI is InChI=1S/C17H37N3/c1-4-12-18-13-8-6-7-9-14-19(3)16-17-11-10-15-20(17)5-2/h17-18H,4-16H2,1-3H3. The maximum atomic E-state index is 3.48. The van der Waals surface area contributed by atoms with E-state index in [0.29, 0.717) is 0 Å². The van der Waals surface area contributed by atoms with Gasteiger partial charge in [0.05, 0.1) is 0 Å². The average Bonchev–Trinajstić information content (AvgIpc) is 2.89. The van der Waals surface area contributed by atoms with E-state index in [1.165, 1.54) is 84.2 Å². The second-order valence-electron chi connectivity index (χ2n) is 6.35. The second kappa shape index (κ2) is 11.5. The first kappa shape index (κ1) is 17.9. The van der Waals surface area contributed by atoms with Gasteiger partial charge in [-0.05, 0) is 71.9 Å². The summed E-state index contributed by atoms with van der Waals surface area (Å²) in [7, 11) is 2.30. The molecule has 1 N–H and O–H groups in total. The predicted molar refractivity (Wildman–Crippen MR) is 89.4 cm³/mol. The molecule has 3 nitrogen and oxygen atoms in total. The maximum absolute atomic E-state index is 3.48. The van der Waals surface area contributed by atoms with E-state index in [0.717, 1.165) is 6.04 Å². The summed E-state index contributed by atoms with van der Waals surface area (Å²) in [6, 6.07) is 0.822.